The quantitative estimate of drug-likeness (QED) is 0.624. The van der Waals surface area contributed by atoms with E-state index in [0.29, 0.717) is 18.6 Å². The second-order valence-electron chi connectivity index (χ2n) is 5.32. The largest absolute Gasteiger partial charge is 0.494 e. The number of benzene rings is 2. The SMILES string of the molecule is CCCOc1ccc(C(=O)N/N=C(/C)Cc2ccccc2)cc1. The summed E-state index contributed by atoms with van der Waals surface area (Å²) in [6.07, 6.45) is 1.67. The minimum absolute atomic E-state index is 0.223. The fourth-order valence-electron chi connectivity index (χ4n) is 2.06. The van der Waals surface area contributed by atoms with Gasteiger partial charge in [-0.05, 0) is 43.2 Å². The molecule has 0 bridgehead atoms. The monoisotopic (exact) mass is 310 g/mol. The summed E-state index contributed by atoms with van der Waals surface area (Å²) in [6.45, 7) is 4.63. The van der Waals surface area contributed by atoms with Crippen molar-refractivity contribution in [1.29, 1.82) is 0 Å². The van der Waals surface area contributed by atoms with Crippen LogP contribution in [0, 0.1) is 0 Å². The van der Waals surface area contributed by atoms with Gasteiger partial charge in [-0.15, -0.1) is 0 Å². The maximum Gasteiger partial charge on any atom is 0.271 e. The van der Waals surface area contributed by atoms with Gasteiger partial charge in [0.05, 0.1) is 6.61 Å². The molecule has 1 N–H and O–H groups in total. The van der Waals surface area contributed by atoms with Crippen LogP contribution in [0.15, 0.2) is 59.7 Å². The smallest absolute Gasteiger partial charge is 0.271 e. The summed E-state index contributed by atoms with van der Waals surface area (Å²) in [5.74, 6) is 0.548. The van der Waals surface area contributed by atoms with Crippen molar-refractivity contribution in [2.24, 2.45) is 5.10 Å². The van der Waals surface area contributed by atoms with Gasteiger partial charge < -0.3 is 4.74 Å². The molecule has 0 aliphatic rings. The van der Waals surface area contributed by atoms with Gasteiger partial charge in [0.25, 0.3) is 5.91 Å². The average Bonchev–Trinajstić information content (AvgIpc) is 2.59. The minimum atomic E-state index is -0.223. The Morgan fingerprint density at radius 2 is 1.78 bits per heavy atom. The van der Waals surface area contributed by atoms with Crippen molar-refractivity contribution in [3.05, 3.63) is 65.7 Å². The summed E-state index contributed by atoms with van der Waals surface area (Å²) >= 11 is 0. The average molecular weight is 310 g/mol. The maximum absolute atomic E-state index is 12.1. The lowest BCUT2D eigenvalue weighted by Crippen LogP contribution is -2.19. The third-order valence-corrected chi connectivity index (χ3v) is 3.24. The molecule has 0 heterocycles. The fraction of sp³-hybridized carbons (Fsp3) is 0.263. The number of nitrogens with zero attached hydrogens (tertiary/aromatic N) is 1. The lowest BCUT2D eigenvalue weighted by molar-refractivity contribution is 0.0954. The Balaban J connectivity index is 1.89. The molecule has 1 amide bonds. The molecule has 4 nitrogen and oxygen atoms in total. The Kier molecular flexibility index (Phi) is 6.36. The molecule has 0 unspecified atom stereocenters. The molecular weight excluding hydrogens is 288 g/mol. The number of ether oxygens (including phenoxy) is 1. The van der Waals surface area contributed by atoms with Crippen LogP contribution in [0.4, 0.5) is 0 Å². The zero-order valence-electron chi connectivity index (χ0n) is 13.6. The van der Waals surface area contributed by atoms with Crippen LogP contribution in [0.2, 0.25) is 0 Å². The summed E-state index contributed by atoms with van der Waals surface area (Å²) in [4.78, 5) is 12.1. The van der Waals surface area contributed by atoms with Crippen LogP contribution >= 0.6 is 0 Å². The Labute approximate surface area is 137 Å². The highest BCUT2D eigenvalue weighted by Crippen LogP contribution is 2.12. The van der Waals surface area contributed by atoms with Crippen LogP contribution in [-0.2, 0) is 6.42 Å². The molecule has 2 aromatic carbocycles. The Bertz CT molecular complexity index is 649. The Morgan fingerprint density at radius 1 is 1.09 bits per heavy atom. The van der Waals surface area contributed by atoms with Gasteiger partial charge in [0.1, 0.15) is 5.75 Å². The van der Waals surface area contributed by atoms with E-state index in [9.17, 15) is 4.79 Å². The standard InChI is InChI=1S/C19H22N2O2/c1-3-13-23-18-11-9-17(10-12-18)19(22)21-20-15(2)14-16-7-5-4-6-8-16/h4-12H,3,13-14H2,1-2H3,(H,21,22)/b20-15-. The summed E-state index contributed by atoms with van der Waals surface area (Å²) in [7, 11) is 0. The molecule has 0 fully saturated rings. The number of carbonyl (C=O) groups is 1. The van der Waals surface area contributed by atoms with E-state index < -0.39 is 0 Å². The van der Waals surface area contributed by atoms with Crippen LogP contribution in [-0.4, -0.2) is 18.2 Å². The van der Waals surface area contributed by atoms with E-state index in [1.54, 1.807) is 24.3 Å². The molecule has 0 aliphatic carbocycles. The van der Waals surface area contributed by atoms with Crippen LogP contribution < -0.4 is 10.2 Å². The first kappa shape index (κ1) is 16.7. The van der Waals surface area contributed by atoms with E-state index in [4.69, 9.17) is 4.74 Å². The fourth-order valence-corrected chi connectivity index (χ4v) is 2.06. The third-order valence-electron chi connectivity index (χ3n) is 3.24. The lowest BCUT2D eigenvalue weighted by Gasteiger charge is -2.06. The maximum atomic E-state index is 12.1. The first-order chi connectivity index (χ1) is 11.2. The van der Waals surface area contributed by atoms with Crippen molar-refractivity contribution >= 4 is 11.6 Å². The highest BCUT2D eigenvalue weighted by molar-refractivity contribution is 5.95. The summed E-state index contributed by atoms with van der Waals surface area (Å²) < 4.78 is 5.50. The number of amides is 1. The molecule has 0 saturated heterocycles. The predicted molar refractivity (Wildman–Crippen MR) is 92.9 cm³/mol. The summed E-state index contributed by atoms with van der Waals surface area (Å²) in [6, 6.07) is 17.1. The number of hydrogen-bond acceptors (Lipinski definition) is 3. The molecule has 2 aromatic rings. The molecule has 4 heteroatoms. The summed E-state index contributed by atoms with van der Waals surface area (Å²) in [5, 5.41) is 4.15. The molecule has 0 aliphatic heterocycles. The highest BCUT2D eigenvalue weighted by atomic mass is 16.5. The highest BCUT2D eigenvalue weighted by Gasteiger charge is 2.05. The number of rotatable bonds is 7. The normalized spacial score (nSPS) is 11.1. The number of carbonyl (C=O) groups excluding carboxylic acids is 1. The Morgan fingerprint density at radius 3 is 2.43 bits per heavy atom. The van der Waals surface area contributed by atoms with Crippen molar-refractivity contribution in [3.63, 3.8) is 0 Å². The van der Waals surface area contributed by atoms with Crippen molar-refractivity contribution in [2.45, 2.75) is 26.7 Å². The van der Waals surface area contributed by atoms with Gasteiger partial charge in [0, 0.05) is 17.7 Å². The van der Waals surface area contributed by atoms with Gasteiger partial charge >= 0.3 is 0 Å². The van der Waals surface area contributed by atoms with E-state index >= 15 is 0 Å². The third kappa shape index (κ3) is 5.58. The van der Waals surface area contributed by atoms with Crippen molar-refractivity contribution < 1.29 is 9.53 Å². The first-order valence-corrected chi connectivity index (χ1v) is 7.79. The van der Waals surface area contributed by atoms with E-state index in [-0.39, 0.29) is 5.91 Å². The van der Waals surface area contributed by atoms with Crippen LogP contribution in [0.3, 0.4) is 0 Å². The number of nitrogens with one attached hydrogen (secondary N) is 1. The van der Waals surface area contributed by atoms with Crippen LogP contribution in [0.1, 0.15) is 36.2 Å². The first-order valence-electron chi connectivity index (χ1n) is 7.79. The van der Waals surface area contributed by atoms with Gasteiger partial charge in [-0.3, -0.25) is 4.79 Å². The van der Waals surface area contributed by atoms with E-state index in [2.05, 4.69) is 17.5 Å². The van der Waals surface area contributed by atoms with Gasteiger partial charge in [0.15, 0.2) is 0 Å². The van der Waals surface area contributed by atoms with E-state index in [0.717, 1.165) is 17.9 Å². The molecule has 0 aromatic heterocycles. The number of hydrogen-bond donors (Lipinski definition) is 1. The molecule has 0 spiro atoms. The molecule has 120 valence electrons. The molecule has 2 rings (SSSR count). The van der Waals surface area contributed by atoms with Gasteiger partial charge in [-0.2, -0.15) is 5.10 Å². The molecule has 0 atom stereocenters. The summed E-state index contributed by atoms with van der Waals surface area (Å²) in [5.41, 5.74) is 5.17. The molecule has 23 heavy (non-hydrogen) atoms. The number of hydrazone groups is 1. The zero-order valence-corrected chi connectivity index (χ0v) is 13.6. The zero-order chi connectivity index (χ0) is 16.5. The van der Waals surface area contributed by atoms with Crippen molar-refractivity contribution in [1.82, 2.24) is 5.43 Å². The topological polar surface area (TPSA) is 50.7 Å². The van der Waals surface area contributed by atoms with Crippen LogP contribution in [0.25, 0.3) is 0 Å². The second-order valence-corrected chi connectivity index (χ2v) is 5.32. The lowest BCUT2D eigenvalue weighted by atomic mass is 10.1. The van der Waals surface area contributed by atoms with Crippen LogP contribution in [0.5, 0.6) is 5.75 Å². The van der Waals surface area contributed by atoms with E-state index in [1.807, 2.05) is 37.3 Å². The van der Waals surface area contributed by atoms with E-state index in [1.165, 1.54) is 5.56 Å². The second kappa shape index (κ2) is 8.73. The Hall–Kier alpha value is -2.62. The van der Waals surface area contributed by atoms with Crippen molar-refractivity contribution in [2.75, 3.05) is 6.61 Å². The van der Waals surface area contributed by atoms with Crippen molar-refractivity contribution in [3.8, 4) is 5.75 Å². The predicted octanol–water partition coefficient (Wildman–Crippen LogP) is 3.82. The van der Waals surface area contributed by atoms with Gasteiger partial charge in [0.2, 0.25) is 0 Å². The minimum Gasteiger partial charge on any atom is -0.494 e. The molecule has 0 saturated carbocycles. The molecular formula is C19H22N2O2. The van der Waals surface area contributed by atoms with Gasteiger partial charge in [-0.25, -0.2) is 5.43 Å². The van der Waals surface area contributed by atoms with Gasteiger partial charge in [-0.1, -0.05) is 37.3 Å². The molecule has 0 radical (unpaired) electrons.